The molecule has 1 N–H and O–H groups in total. The van der Waals surface area contributed by atoms with Crippen LogP contribution in [0.25, 0.3) is 11.0 Å². The van der Waals surface area contributed by atoms with E-state index in [2.05, 4.69) is 9.97 Å². The highest BCUT2D eigenvalue weighted by molar-refractivity contribution is 5.84. The van der Waals surface area contributed by atoms with Crippen LogP contribution in [0.15, 0.2) is 18.2 Å². The first-order valence-electron chi connectivity index (χ1n) is 6.10. The van der Waals surface area contributed by atoms with Crippen LogP contribution in [0.2, 0.25) is 0 Å². The number of carbonyl (C=O) groups excluding carboxylic acids is 1. The molecule has 0 saturated heterocycles. The first kappa shape index (κ1) is 12.6. The van der Waals surface area contributed by atoms with Crippen LogP contribution in [0, 0.1) is 6.92 Å². The number of aromatic nitrogens is 2. The molecular formula is C14H18N2O2. The van der Waals surface area contributed by atoms with E-state index in [0.717, 1.165) is 16.6 Å². The molecule has 0 fully saturated rings. The molecule has 0 amide bonds. The van der Waals surface area contributed by atoms with E-state index in [4.69, 9.17) is 4.74 Å². The van der Waals surface area contributed by atoms with Crippen molar-refractivity contribution < 1.29 is 9.53 Å². The van der Waals surface area contributed by atoms with E-state index in [1.807, 2.05) is 39.0 Å². The summed E-state index contributed by atoms with van der Waals surface area (Å²) in [5.41, 5.74) is 2.18. The van der Waals surface area contributed by atoms with Crippen molar-refractivity contribution in [2.24, 2.45) is 0 Å². The van der Waals surface area contributed by atoms with E-state index >= 15 is 0 Å². The SMILES string of the molecule is CCOC(=O)C(C)(C)c1nc2c(C)cccc2[nH]1. The number of nitrogens with zero attached hydrogens (tertiary/aromatic N) is 1. The molecule has 1 heterocycles. The summed E-state index contributed by atoms with van der Waals surface area (Å²) in [4.78, 5) is 19.7. The highest BCUT2D eigenvalue weighted by atomic mass is 16.5. The second-order valence-electron chi connectivity index (χ2n) is 4.90. The van der Waals surface area contributed by atoms with Gasteiger partial charge in [-0.25, -0.2) is 4.98 Å². The fraction of sp³-hybridized carbons (Fsp3) is 0.429. The molecule has 2 rings (SSSR count). The van der Waals surface area contributed by atoms with Crippen LogP contribution in [0.4, 0.5) is 0 Å². The lowest BCUT2D eigenvalue weighted by molar-refractivity contribution is -0.149. The van der Waals surface area contributed by atoms with Gasteiger partial charge in [0.1, 0.15) is 11.2 Å². The highest BCUT2D eigenvalue weighted by Gasteiger charge is 2.34. The van der Waals surface area contributed by atoms with E-state index < -0.39 is 5.41 Å². The molecule has 1 aromatic heterocycles. The first-order valence-corrected chi connectivity index (χ1v) is 6.10. The van der Waals surface area contributed by atoms with Gasteiger partial charge >= 0.3 is 5.97 Å². The quantitative estimate of drug-likeness (QED) is 0.847. The molecule has 0 bridgehead atoms. The summed E-state index contributed by atoms with van der Waals surface area (Å²) in [5.74, 6) is 0.381. The second-order valence-corrected chi connectivity index (χ2v) is 4.90. The Bertz CT molecular complexity index is 584. The Labute approximate surface area is 106 Å². The standard InChI is InChI=1S/C14H18N2O2/c1-5-18-13(17)14(3,4)12-15-10-8-6-7-9(2)11(10)16-12/h6-8H,5H2,1-4H3,(H,15,16). The molecule has 4 nitrogen and oxygen atoms in total. The molecule has 0 unspecified atom stereocenters. The summed E-state index contributed by atoms with van der Waals surface area (Å²) >= 11 is 0. The Hall–Kier alpha value is -1.84. The van der Waals surface area contributed by atoms with Crippen molar-refractivity contribution in [1.29, 1.82) is 0 Å². The van der Waals surface area contributed by atoms with Gasteiger partial charge in [-0.3, -0.25) is 4.79 Å². The van der Waals surface area contributed by atoms with Crippen LogP contribution in [-0.2, 0) is 14.9 Å². The zero-order valence-electron chi connectivity index (χ0n) is 11.2. The Kier molecular flexibility index (Phi) is 3.11. The third kappa shape index (κ3) is 1.98. The summed E-state index contributed by atoms with van der Waals surface area (Å²) in [5, 5.41) is 0. The molecule has 18 heavy (non-hydrogen) atoms. The van der Waals surface area contributed by atoms with Crippen LogP contribution >= 0.6 is 0 Å². The Morgan fingerprint density at radius 1 is 1.44 bits per heavy atom. The number of hydrogen-bond acceptors (Lipinski definition) is 3. The minimum absolute atomic E-state index is 0.262. The van der Waals surface area contributed by atoms with Gasteiger partial charge in [-0.1, -0.05) is 12.1 Å². The first-order chi connectivity index (χ1) is 8.46. The molecule has 2 aromatic rings. The van der Waals surface area contributed by atoms with Crippen molar-refractivity contribution in [3.63, 3.8) is 0 Å². The minimum atomic E-state index is -0.762. The lowest BCUT2D eigenvalue weighted by Gasteiger charge is -2.19. The molecule has 0 radical (unpaired) electrons. The van der Waals surface area contributed by atoms with Crippen LogP contribution in [-0.4, -0.2) is 22.5 Å². The summed E-state index contributed by atoms with van der Waals surface area (Å²) < 4.78 is 5.09. The van der Waals surface area contributed by atoms with Crippen molar-refractivity contribution in [3.05, 3.63) is 29.6 Å². The number of aryl methyl sites for hydroxylation is 1. The maximum absolute atomic E-state index is 11.9. The number of benzene rings is 1. The fourth-order valence-corrected chi connectivity index (χ4v) is 1.88. The lowest BCUT2D eigenvalue weighted by atomic mass is 9.93. The van der Waals surface area contributed by atoms with E-state index in [-0.39, 0.29) is 5.97 Å². The minimum Gasteiger partial charge on any atom is -0.465 e. The summed E-state index contributed by atoms with van der Waals surface area (Å²) in [7, 11) is 0. The molecule has 0 atom stereocenters. The predicted octanol–water partition coefficient (Wildman–Crippen LogP) is 2.71. The van der Waals surface area contributed by atoms with Gasteiger partial charge < -0.3 is 9.72 Å². The molecule has 4 heteroatoms. The van der Waals surface area contributed by atoms with Gasteiger partial charge in [-0.2, -0.15) is 0 Å². The number of fused-ring (bicyclic) bond motifs is 1. The Morgan fingerprint density at radius 2 is 2.17 bits per heavy atom. The van der Waals surface area contributed by atoms with E-state index in [9.17, 15) is 4.79 Å². The average molecular weight is 246 g/mol. The second kappa shape index (κ2) is 4.44. The molecule has 0 aliphatic carbocycles. The number of nitrogens with one attached hydrogen (secondary N) is 1. The third-order valence-electron chi connectivity index (χ3n) is 3.09. The van der Waals surface area contributed by atoms with Crippen LogP contribution in [0.3, 0.4) is 0 Å². The topological polar surface area (TPSA) is 55.0 Å². The molecule has 0 aliphatic heterocycles. The zero-order valence-corrected chi connectivity index (χ0v) is 11.2. The molecule has 0 saturated carbocycles. The van der Waals surface area contributed by atoms with E-state index in [0.29, 0.717) is 12.4 Å². The smallest absolute Gasteiger partial charge is 0.319 e. The number of carbonyl (C=O) groups is 1. The Balaban J connectivity index is 2.48. The average Bonchev–Trinajstić information content (AvgIpc) is 2.75. The van der Waals surface area contributed by atoms with Gasteiger partial charge in [0.2, 0.25) is 0 Å². The summed E-state index contributed by atoms with van der Waals surface area (Å²) in [6.07, 6.45) is 0. The molecular weight excluding hydrogens is 228 g/mol. The number of para-hydroxylation sites is 1. The number of ether oxygens (including phenoxy) is 1. The van der Waals surface area contributed by atoms with Gasteiger partial charge in [-0.15, -0.1) is 0 Å². The van der Waals surface area contributed by atoms with Crippen molar-refractivity contribution in [3.8, 4) is 0 Å². The highest BCUT2D eigenvalue weighted by Crippen LogP contribution is 2.25. The number of H-pyrrole nitrogens is 1. The van der Waals surface area contributed by atoms with Crippen LogP contribution in [0.5, 0.6) is 0 Å². The zero-order chi connectivity index (χ0) is 13.3. The van der Waals surface area contributed by atoms with Crippen molar-refractivity contribution in [1.82, 2.24) is 9.97 Å². The monoisotopic (exact) mass is 246 g/mol. The molecule has 0 spiro atoms. The number of hydrogen-bond donors (Lipinski definition) is 1. The number of rotatable bonds is 3. The van der Waals surface area contributed by atoms with Gasteiger partial charge in [0.05, 0.1) is 17.6 Å². The maximum atomic E-state index is 11.9. The van der Waals surface area contributed by atoms with Gasteiger partial charge in [0.25, 0.3) is 0 Å². The maximum Gasteiger partial charge on any atom is 0.319 e. The lowest BCUT2D eigenvalue weighted by Crippen LogP contribution is -2.32. The van der Waals surface area contributed by atoms with Gasteiger partial charge in [0, 0.05) is 0 Å². The summed E-state index contributed by atoms with van der Waals surface area (Å²) in [6, 6.07) is 5.93. The molecule has 96 valence electrons. The van der Waals surface area contributed by atoms with Gasteiger partial charge in [0.15, 0.2) is 0 Å². The van der Waals surface area contributed by atoms with E-state index in [1.165, 1.54) is 0 Å². The van der Waals surface area contributed by atoms with Crippen LogP contribution in [0.1, 0.15) is 32.2 Å². The Morgan fingerprint density at radius 3 is 2.78 bits per heavy atom. The predicted molar refractivity (Wildman–Crippen MR) is 70.5 cm³/mol. The van der Waals surface area contributed by atoms with Crippen molar-refractivity contribution in [2.45, 2.75) is 33.1 Å². The summed E-state index contributed by atoms with van der Waals surface area (Å²) in [6.45, 7) is 7.82. The van der Waals surface area contributed by atoms with Crippen molar-refractivity contribution in [2.75, 3.05) is 6.61 Å². The number of aromatic amines is 1. The van der Waals surface area contributed by atoms with E-state index in [1.54, 1.807) is 6.92 Å². The van der Waals surface area contributed by atoms with Gasteiger partial charge in [-0.05, 0) is 39.3 Å². The van der Waals surface area contributed by atoms with Crippen LogP contribution < -0.4 is 0 Å². The third-order valence-corrected chi connectivity index (χ3v) is 3.09. The number of esters is 1. The normalized spacial score (nSPS) is 11.8. The fourth-order valence-electron chi connectivity index (χ4n) is 1.88. The molecule has 1 aromatic carbocycles. The molecule has 0 aliphatic rings. The van der Waals surface area contributed by atoms with Crippen molar-refractivity contribution >= 4 is 17.0 Å². The largest absolute Gasteiger partial charge is 0.465 e. The number of imidazole rings is 1.